The lowest BCUT2D eigenvalue weighted by atomic mass is 9.59. The highest BCUT2D eigenvalue weighted by Gasteiger charge is 2.42. The van der Waals surface area contributed by atoms with Crippen molar-refractivity contribution in [2.75, 3.05) is 19.6 Å². The molecule has 154 valence electrons. The Morgan fingerprint density at radius 1 is 0.931 bits per heavy atom. The van der Waals surface area contributed by atoms with Gasteiger partial charge in [0, 0.05) is 24.8 Å². The van der Waals surface area contributed by atoms with Crippen molar-refractivity contribution in [1.29, 1.82) is 0 Å². The zero-order valence-corrected chi connectivity index (χ0v) is 17.7. The van der Waals surface area contributed by atoms with E-state index in [9.17, 15) is 4.79 Å². The minimum Gasteiger partial charge on any atom is -0.356 e. The van der Waals surface area contributed by atoms with Crippen molar-refractivity contribution in [2.45, 2.75) is 43.9 Å². The first-order valence-corrected chi connectivity index (χ1v) is 11.0. The van der Waals surface area contributed by atoms with Gasteiger partial charge in [-0.15, -0.1) is 12.4 Å². The van der Waals surface area contributed by atoms with Crippen molar-refractivity contribution in [1.82, 2.24) is 10.6 Å². The van der Waals surface area contributed by atoms with Crippen molar-refractivity contribution in [3.63, 3.8) is 0 Å². The number of rotatable bonds is 5. The molecule has 2 bridgehead atoms. The Kier molecular flexibility index (Phi) is 6.26. The largest absolute Gasteiger partial charge is 0.356 e. The van der Waals surface area contributed by atoms with E-state index in [1.807, 2.05) is 0 Å². The Balaban J connectivity index is 0.00000205. The van der Waals surface area contributed by atoms with Crippen molar-refractivity contribution in [2.24, 2.45) is 11.8 Å². The van der Waals surface area contributed by atoms with E-state index in [0.29, 0.717) is 24.2 Å². The fourth-order valence-electron chi connectivity index (χ4n) is 5.80. The molecule has 4 aliphatic rings. The molecule has 4 heteroatoms. The molecule has 0 aromatic heterocycles. The summed E-state index contributed by atoms with van der Waals surface area (Å²) in [4.78, 5) is 12.5. The summed E-state index contributed by atoms with van der Waals surface area (Å²) >= 11 is 0. The lowest BCUT2D eigenvalue weighted by Gasteiger charge is -2.45. The summed E-state index contributed by atoms with van der Waals surface area (Å²) in [7, 11) is 0. The summed E-state index contributed by atoms with van der Waals surface area (Å²) < 4.78 is 0. The molecule has 2 aromatic carbocycles. The lowest BCUT2D eigenvalue weighted by Crippen LogP contribution is -2.39. The molecule has 0 saturated carbocycles. The standard InChI is InChI=1S/C25H30N2O.ClH/c28-24(10-9-17-11-13-26-14-12-17)27-16-18-15-23-19-5-1-3-7-21(19)25(18)22-8-4-2-6-20(22)23;/h1-8,17-18,23,25-26H,9-16H2,(H,27,28);1H. The Morgan fingerprint density at radius 2 is 1.52 bits per heavy atom. The minimum atomic E-state index is 0. The average Bonchev–Trinajstić information content (AvgIpc) is 2.77. The van der Waals surface area contributed by atoms with Gasteiger partial charge in [0.2, 0.25) is 5.91 Å². The predicted molar refractivity (Wildman–Crippen MR) is 120 cm³/mol. The maximum absolute atomic E-state index is 12.5. The lowest BCUT2D eigenvalue weighted by molar-refractivity contribution is -0.121. The van der Waals surface area contributed by atoms with Crippen molar-refractivity contribution >= 4 is 18.3 Å². The summed E-state index contributed by atoms with van der Waals surface area (Å²) in [6.07, 6.45) is 5.29. The Morgan fingerprint density at radius 3 is 2.14 bits per heavy atom. The molecule has 0 spiro atoms. The van der Waals surface area contributed by atoms with Crippen LogP contribution in [0, 0.1) is 11.8 Å². The number of piperidine rings is 1. The molecular formula is C25H31ClN2O. The SMILES string of the molecule is Cl.O=C(CCC1CCNCC1)NCC1CC2c3ccccc3C1c1ccccc12. The highest BCUT2D eigenvalue weighted by molar-refractivity contribution is 5.85. The van der Waals surface area contributed by atoms with Crippen molar-refractivity contribution < 1.29 is 4.79 Å². The second kappa shape index (κ2) is 8.89. The van der Waals surface area contributed by atoms with Gasteiger partial charge in [0.25, 0.3) is 0 Å². The summed E-state index contributed by atoms with van der Waals surface area (Å²) in [5.74, 6) is 2.35. The molecule has 1 saturated heterocycles. The van der Waals surface area contributed by atoms with Gasteiger partial charge in [-0.2, -0.15) is 0 Å². The number of carbonyl (C=O) groups is 1. The highest BCUT2D eigenvalue weighted by atomic mass is 35.5. The maximum atomic E-state index is 12.5. The van der Waals surface area contributed by atoms with Gasteiger partial charge in [0.1, 0.15) is 0 Å². The van der Waals surface area contributed by atoms with Crippen molar-refractivity contribution in [3.8, 4) is 0 Å². The van der Waals surface area contributed by atoms with Crippen LogP contribution in [0.3, 0.4) is 0 Å². The average molecular weight is 411 g/mol. The number of fused-ring (bicyclic) bond motifs is 1. The van der Waals surface area contributed by atoms with Gasteiger partial charge in [-0.25, -0.2) is 0 Å². The number of carbonyl (C=O) groups excluding carboxylic acids is 1. The Labute approximate surface area is 180 Å². The third-order valence-electron chi connectivity index (χ3n) is 7.22. The number of hydrogen-bond acceptors (Lipinski definition) is 2. The topological polar surface area (TPSA) is 41.1 Å². The van der Waals surface area contributed by atoms with Gasteiger partial charge in [-0.3, -0.25) is 4.79 Å². The van der Waals surface area contributed by atoms with E-state index < -0.39 is 0 Å². The quantitative estimate of drug-likeness (QED) is 0.756. The van der Waals surface area contributed by atoms with Crippen LogP contribution in [0.1, 0.15) is 66.2 Å². The first-order valence-electron chi connectivity index (χ1n) is 11.0. The number of hydrogen-bond donors (Lipinski definition) is 2. The molecule has 3 nitrogen and oxygen atoms in total. The number of nitrogens with one attached hydrogen (secondary N) is 2. The molecule has 1 fully saturated rings. The van der Waals surface area contributed by atoms with E-state index in [0.717, 1.165) is 38.4 Å². The zero-order chi connectivity index (χ0) is 18.9. The molecule has 1 aliphatic heterocycles. The smallest absolute Gasteiger partial charge is 0.220 e. The van der Waals surface area contributed by atoms with Gasteiger partial charge in [0.15, 0.2) is 0 Å². The zero-order valence-electron chi connectivity index (χ0n) is 16.9. The molecule has 0 radical (unpaired) electrons. The van der Waals surface area contributed by atoms with E-state index >= 15 is 0 Å². The third-order valence-corrected chi connectivity index (χ3v) is 7.22. The maximum Gasteiger partial charge on any atom is 0.220 e. The molecule has 6 rings (SSSR count). The summed E-state index contributed by atoms with van der Waals surface area (Å²) in [6.45, 7) is 3.02. The van der Waals surface area contributed by atoms with Gasteiger partial charge in [-0.1, -0.05) is 48.5 Å². The normalized spacial score (nSPS) is 24.9. The van der Waals surface area contributed by atoms with Gasteiger partial charge in [-0.05, 0) is 72.9 Å². The Hall–Kier alpha value is -1.84. The van der Waals surface area contributed by atoms with Crippen molar-refractivity contribution in [3.05, 3.63) is 70.8 Å². The molecule has 2 aromatic rings. The molecule has 1 unspecified atom stereocenters. The van der Waals surface area contributed by atoms with E-state index in [1.54, 1.807) is 0 Å². The van der Waals surface area contributed by atoms with E-state index in [4.69, 9.17) is 0 Å². The third kappa shape index (κ3) is 3.95. The monoisotopic (exact) mass is 410 g/mol. The van der Waals surface area contributed by atoms with Crippen LogP contribution in [0.25, 0.3) is 0 Å². The van der Waals surface area contributed by atoms with E-state index in [2.05, 4.69) is 59.2 Å². The Bertz CT molecular complexity index is 814. The summed E-state index contributed by atoms with van der Waals surface area (Å²) in [5.41, 5.74) is 5.96. The van der Waals surface area contributed by atoms with E-state index in [-0.39, 0.29) is 18.3 Å². The number of halogens is 1. The second-order valence-corrected chi connectivity index (χ2v) is 8.82. The van der Waals surface area contributed by atoms with Crippen LogP contribution in [0.5, 0.6) is 0 Å². The molecule has 29 heavy (non-hydrogen) atoms. The summed E-state index contributed by atoms with van der Waals surface area (Å²) in [6, 6.07) is 17.9. The van der Waals surface area contributed by atoms with Crippen LogP contribution in [-0.4, -0.2) is 25.5 Å². The van der Waals surface area contributed by atoms with Gasteiger partial charge in [0.05, 0.1) is 0 Å². The van der Waals surface area contributed by atoms with Crippen LogP contribution in [-0.2, 0) is 4.79 Å². The number of benzene rings is 2. The van der Waals surface area contributed by atoms with Crippen LogP contribution < -0.4 is 10.6 Å². The van der Waals surface area contributed by atoms with Crippen LogP contribution in [0.15, 0.2) is 48.5 Å². The molecule has 1 heterocycles. The minimum absolute atomic E-state index is 0. The molecule has 1 atom stereocenters. The number of amides is 1. The first-order chi connectivity index (χ1) is 13.8. The molecule has 2 N–H and O–H groups in total. The van der Waals surface area contributed by atoms with Gasteiger partial charge >= 0.3 is 0 Å². The van der Waals surface area contributed by atoms with Crippen LogP contribution >= 0.6 is 12.4 Å². The molecule has 3 aliphatic carbocycles. The highest BCUT2D eigenvalue weighted by Crippen LogP contribution is 2.55. The van der Waals surface area contributed by atoms with Crippen LogP contribution in [0.4, 0.5) is 0 Å². The predicted octanol–water partition coefficient (Wildman–Crippen LogP) is 4.60. The van der Waals surface area contributed by atoms with Crippen LogP contribution in [0.2, 0.25) is 0 Å². The second-order valence-electron chi connectivity index (χ2n) is 8.82. The molecular weight excluding hydrogens is 380 g/mol. The summed E-state index contributed by atoms with van der Waals surface area (Å²) in [5, 5.41) is 6.69. The molecule has 1 amide bonds. The fraction of sp³-hybridized carbons (Fsp3) is 0.480. The first kappa shape index (κ1) is 20.4. The fourth-order valence-corrected chi connectivity index (χ4v) is 5.80. The van der Waals surface area contributed by atoms with E-state index in [1.165, 1.54) is 35.1 Å². The van der Waals surface area contributed by atoms with Gasteiger partial charge < -0.3 is 10.6 Å².